The minimum Gasteiger partial charge on any atom is -0.354 e. The van der Waals surface area contributed by atoms with E-state index in [0.717, 1.165) is 24.5 Å². The topological polar surface area (TPSA) is 88.6 Å². The molecule has 8 nitrogen and oxygen atoms in total. The van der Waals surface area contributed by atoms with Gasteiger partial charge in [-0.05, 0) is 18.4 Å². The fourth-order valence-corrected chi connectivity index (χ4v) is 4.64. The molecule has 148 valence electrons. The Morgan fingerprint density at radius 1 is 1.21 bits per heavy atom. The standard InChI is InChI=1S/C18H22ClN7OS/c1-12-6-13(24-28(2,3)27)10-25(9-12)16-4-5-20-18(23-16)14-7-22-17-8-21-15(19)11-26(14)17/h4-5,7-8,11-13H,6,9-10H2,1-3H3/t12-,13+/m1/s1. The zero-order valence-electron chi connectivity index (χ0n) is 16.0. The van der Waals surface area contributed by atoms with Gasteiger partial charge in [-0.15, -0.1) is 0 Å². The smallest absolute Gasteiger partial charge is 0.180 e. The van der Waals surface area contributed by atoms with E-state index >= 15 is 0 Å². The Morgan fingerprint density at radius 2 is 2.04 bits per heavy atom. The van der Waals surface area contributed by atoms with Crippen LogP contribution >= 0.6 is 11.6 Å². The first-order chi connectivity index (χ1) is 13.3. The molecule has 0 N–H and O–H groups in total. The van der Waals surface area contributed by atoms with Crippen molar-refractivity contribution in [2.45, 2.75) is 19.4 Å². The minimum absolute atomic E-state index is 0.0327. The highest BCUT2D eigenvalue weighted by molar-refractivity contribution is 7.92. The molecule has 0 unspecified atom stereocenters. The first-order valence-electron chi connectivity index (χ1n) is 9.02. The van der Waals surface area contributed by atoms with Crippen molar-refractivity contribution in [1.29, 1.82) is 0 Å². The Kier molecular flexibility index (Phi) is 4.96. The molecule has 10 heteroatoms. The molecule has 3 aromatic heterocycles. The number of hydrogen-bond donors (Lipinski definition) is 0. The summed E-state index contributed by atoms with van der Waals surface area (Å²) in [6.45, 7) is 3.76. The lowest BCUT2D eigenvalue weighted by Crippen LogP contribution is -2.42. The van der Waals surface area contributed by atoms with Crippen LogP contribution in [0.5, 0.6) is 0 Å². The predicted molar refractivity (Wildman–Crippen MR) is 111 cm³/mol. The minimum atomic E-state index is -2.14. The van der Waals surface area contributed by atoms with Gasteiger partial charge in [0.15, 0.2) is 11.5 Å². The molecule has 0 spiro atoms. The molecule has 1 saturated heterocycles. The molecular formula is C18H22ClN7OS. The molecule has 0 radical (unpaired) electrons. The molecular weight excluding hydrogens is 398 g/mol. The highest BCUT2D eigenvalue weighted by atomic mass is 35.5. The number of imidazole rings is 1. The predicted octanol–water partition coefficient (Wildman–Crippen LogP) is 2.78. The second kappa shape index (κ2) is 7.29. The Hall–Kier alpha value is -2.26. The van der Waals surface area contributed by atoms with Gasteiger partial charge in [0, 0.05) is 47.7 Å². The molecule has 4 heterocycles. The van der Waals surface area contributed by atoms with E-state index in [2.05, 4.69) is 31.1 Å². The summed E-state index contributed by atoms with van der Waals surface area (Å²) < 4.78 is 18.5. The van der Waals surface area contributed by atoms with E-state index in [9.17, 15) is 4.21 Å². The van der Waals surface area contributed by atoms with Crippen LogP contribution in [0.15, 0.2) is 35.2 Å². The molecule has 0 aliphatic carbocycles. The van der Waals surface area contributed by atoms with Crippen molar-refractivity contribution in [3.8, 4) is 11.5 Å². The average molecular weight is 420 g/mol. The molecule has 0 saturated carbocycles. The summed E-state index contributed by atoms with van der Waals surface area (Å²) in [5.41, 5.74) is 1.43. The van der Waals surface area contributed by atoms with Crippen LogP contribution in [-0.2, 0) is 9.73 Å². The van der Waals surface area contributed by atoms with Crippen LogP contribution in [-0.4, -0.2) is 60.2 Å². The van der Waals surface area contributed by atoms with E-state index < -0.39 is 9.73 Å². The Balaban J connectivity index is 1.68. The fourth-order valence-electron chi connectivity index (χ4n) is 3.62. The van der Waals surface area contributed by atoms with Crippen molar-refractivity contribution < 1.29 is 4.21 Å². The van der Waals surface area contributed by atoms with Crippen molar-refractivity contribution in [3.63, 3.8) is 0 Å². The van der Waals surface area contributed by atoms with Crippen LogP contribution in [0.3, 0.4) is 0 Å². The van der Waals surface area contributed by atoms with Crippen molar-refractivity contribution in [2.24, 2.45) is 10.3 Å². The Labute approximate surface area is 169 Å². The van der Waals surface area contributed by atoms with Gasteiger partial charge in [-0.1, -0.05) is 18.5 Å². The van der Waals surface area contributed by atoms with Crippen molar-refractivity contribution in [3.05, 3.63) is 36.0 Å². The Bertz CT molecular complexity index is 1130. The summed E-state index contributed by atoms with van der Waals surface area (Å²) in [4.78, 5) is 19.8. The SMILES string of the molecule is C[C@@H]1C[C@H](N=S(C)(C)=O)CN(c2ccnc(-c3cnc4cnc(Cl)cn34)n2)C1. The summed E-state index contributed by atoms with van der Waals surface area (Å²) in [7, 11) is -2.14. The van der Waals surface area contributed by atoms with Gasteiger partial charge < -0.3 is 4.90 Å². The molecule has 0 aromatic carbocycles. The largest absolute Gasteiger partial charge is 0.354 e. The quantitative estimate of drug-likeness (QED) is 0.648. The highest BCUT2D eigenvalue weighted by Crippen LogP contribution is 2.26. The number of nitrogens with zero attached hydrogens (tertiary/aromatic N) is 7. The molecule has 0 amide bonds. The maximum atomic E-state index is 12.1. The summed E-state index contributed by atoms with van der Waals surface area (Å²) in [6, 6.07) is 1.93. The number of hydrogen-bond acceptors (Lipinski definition) is 7. The summed E-state index contributed by atoms with van der Waals surface area (Å²) in [5, 5.41) is 0.375. The van der Waals surface area contributed by atoms with Gasteiger partial charge in [-0.3, -0.25) is 8.61 Å². The maximum absolute atomic E-state index is 12.1. The summed E-state index contributed by atoms with van der Waals surface area (Å²) in [5.74, 6) is 1.82. The van der Waals surface area contributed by atoms with Crippen LogP contribution in [0, 0.1) is 5.92 Å². The lowest BCUT2D eigenvalue weighted by Gasteiger charge is -2.35. The lowest BCUT2D eigenvalue weighted by molar-refractivity contribution is 0.402. The van der Waals surface area contributed by atoms with Gasteiger partial charge in [0.05, 0.1) is 18.4 Å². The third kappa shape index (κ3) is 4.10. The molecule has 1 fully saturated rings. The average Bonchev–Trinajstić information content (AvgIpc) is 3.03. The first kappa shape index (κ1) is 19.1. The normalized spacial score (nSPS) is 20.5. The van der Waals surface area contributed by atoms with Gasteiger partial charge in [-0.25, -0.2) is 24.3 Å². The van der Waals surface area contributed by atoms with Gasteiger partial charge in [0.1, 0.15) is 16.7 Å². The maximum Gasteiger partial charge on any atom is 0.180 e. The zero-order chi connectivity index (χ0) is 19.9. The van der Waals surface area contributed by atoms with Crippen LogP contribution in [0.4, 0.5) is 5.82 Å². The van der Waals surface area contributed by atoms with E-state index in [0.29, 0.717) is 29.1 Å². The second-order valence-corrected chi connectivity index (χ2v) is 10.5. The third-order valence-electron chi connectivity index (χ3n) is 4.60. The van der Waals surface area contributed by atoms with Crippen molar-refractivity contribution in [1.82, 2.24) is 24.3 Å². The van der Waals surface area contributed by atoms with Crippen LogP contribution in [0.1, 0.15) is 13.3 Å². The van der Waals surface area contributed by atoms with Crippen LogP contribution in [0.2, 0.25) is 5.15 Å². The van der Waals surface area contributed by atoms with Gasteiger partial charge in [0.2, 0.25) is 0 Å². The number of piperidine rings is 1. The third-order valence-corrected chi connectivity index (χ3v) is 5.60. The van der Waals surface area contributed by atoms with Gasteiger partial charge >= 0.3 is 0 Å². The van der Waals surface area contributed by atoms with E-state index in [-0.39, 0.29) is 6.04 Å². The van der Waals surface area contributed by atoms with Crippen molar-refractivity contribution >= 4 is 32.8 Å². The fraction of sp³-hybridized carbons (Fsp3) is 0.444. The number of aromatic nitrogens is 5. The highest BCUT2D eigenvalue weighted by Gasteiger charge is 2.26. The second-order valence-electron chi connectivity index (χ2n) is 7.51. The van der Waals surface area contributed by atoms with Gasteiger partial charge in [-0.2, -0.15) is 0 Å². The van der Waals surface area contributed by atoms with E-state index in [4.69, 9.17) is 16.6 Å². The molecule has 1 aliphatic heterocycles. The monoisotopic (exact) mass is 419 g/mol. The Morgan fingerprint density at radius 3 is 2.82 bits per heavy atom. The van der Waals surface area contributed by atoms with Gasteiger partial charge in [0.25, 0.3) is 0 Å². The molecule has 1 aliphatic rings. The first-order valence-corrected chi connectivity index (χ1v) is 11.7. The molecule has 0 bridgehead atoms. The molecule has 4 rings (SSSR count). The van der Waals surface area contributed by atoms with E-state index in [1.807, 2.05) is 10.5 Å². The number of rotatable bonds is 3. The molecule has 3 aromatic rings. The molecule has 2 atom stereocenters. The van der Waals surface area contributed by atoms with Crippen LogP contribution in [0.25, 0.3) is 17.2 Å². The van der Waals surface area contributed by atoms with E-state index in [1.165, 1.54) is 0 Å². The van der Waals surface area contributed by atoms with Crippen LogP contribution < -0.4 is 4.90 Å². The number of fused-ring (bicyclic) bond motifs is 1. The van der Waals surface area contributed by atoms with Crippen molar-refractivity contribution in [2.75, 3.05) is 30.5 Å². The molecule has 28 heavy (non-hydrogen) atoms. The lowest BCUT2D eigenvalue weighted by atomic mass is 9.97. The number of halogens is 1. The summed E-state index contributed by atoms with van der Waals surface area (Å²) in [6.07, 6.45) is 11.1. The summed E-state index contributed by atoms with van der Waals surface area (Å²) >= 11 is 6.03. The van der Waals surface area contributed by atoms with E-state index in [1.54, 1.807) is 37.3 Å². The zero-order valence-corrected chi connectivity index (χ0v) is 17.6. The number of anilines is 1.